The van der Waals surface area contributed by atoms with Crippen LogP contribution in [-0.4, -0.2) is 0 Å². The minimum Gasteiger partial charge on any atom is -0.265 e. The lowest BCUT2D eigenvalue weighted by Gasteiger charge is -1.86. The number of rotatable bonds is 1. The van der Waals surface area contributed by atoms with Crippen LogP contribution in [0.3, 0.4) is 0 Å². The maximum Gasteiger partial charge on any atom is 0.182 e. The van der Waals surface area contributed by atoms with Gasteiger partial charge in [0.15, 0.2) is 21.2 Å². The van der Waals surface area contributed by atoms with Crippen LogP contribution in [0.25, 0.3) is 0 Å². The second-order valence-electron chi connectivity index (χ2n) is 1.70. The van der Waals surface area contributed by atoms with Gasteiger partial charge >= 0.3 is 0 Å². The Hall–Kier alpha value is -0.760. The van der Waals surface area contributed by atoms with Crippen molar-refractivity contribution in [2.45, 2.75) is 0 Å². The lowest BCUT2D eigenvalue weighted by Crippen LogP contribution is -1.72. The van der Waals surface area contributed by atoms with Gasteiger partial charge in [0.25, 0.3) is 0 Å². The Labute approximate surface area is 69.1 Å². The van der Waals surface area contributed by atoms with E-state index in [0.29, 0.717) is 5.56 Å². The molecule has 0 atom stereocenters. The highest BCUT2D eigenvalue weighted by molar-refractivity contribution is 14.1. The summed E-state index contributed by atoms with van der Waals surface area (Å²) in [5, 5.41) is 8.38. The summed E-state index contributed by atoms with van der Waals surface area (Å²) in [4.78, 5) is 0. The highest BCUT2D eigenvalue weighted by Crippen LogP contribution is 2.09. The molecule has 2 nitrogen and oxygen atoms in total. The van der Waals surface area contributed by atoms with E-state index in [1.54, 1.807) is 24.3 Å². The molecular weight excluding hydrogens is 241 g/mol. The smallest absolute Gasteiger partial charge is 0.182 e. The van der Waals surface area contributed by atoms with Gasteiger partial charge in [0.2, 0.25) is 0 Å². The van der Waals surface area contributed by atoms with Crippen molar-refractivity contribution in [3.63, 3.8) is 0 Å². The summed E-state index contributed by atoms with van der Waals surface area (Å²) >= 11 is -1.07. The van der Waals surface area contributed by atoms with Crippen molar-refractivity contribution in [2.75, 3.05) is 0 Å². The number of benzene rings is 1. The fourth-order valence-electron chi connectivity index (χ4n) is 0.576. The molecule has 3 heteroatoms. The second kappa shape index (κ2) is 3.42. The Morgan fingerprint density at radius 2 is 1.90 bits per heavy atom. The molecule has 0 aliphatic carbocycles. The van der Waals surface area contributed by atoms with Crippen LogP contribution in [0.5, 0.6) is 0 Å². The number of hydrogen-bond acceptors (Lipinski definition) is 2. The van der Waals surface area contributed by atoms with E-state index < -0.39 is 21.2 Å². The monoisotopic (exact) mass is 245 g/mol. The molecule has 0 saturated heterocycles. The minimum atomic E-state index is -1.07. The van der Waals surface area contributed by atoms with Crippen molar-refractivity contribution >= 4 is 21.2 Å². The van der Waals surface area contributed by atoms with Gasteiger partial charge in [-0.1, -0.05) is 0 Å². The lowest BCUT2D eigenvalue weighted by molar-refractivity contribution is 0.648. The Kier molecular flexibility index (Phi) is 2.51. The zero-order valence-corrected chi connectivity index (χ0v) is 7.20. The van der Waals surface area contributed by atoms with Crippen LogP contribution in [0.2, 0.25) is 0 Å². The summed E-state index contributed by atoms with van der Waals surface area (Å²) in [6.07, 6.45) is 0. The summed E-state index contributed by atoms with van der Waals surface area (Å²) in [7, 11) is 0. The van der Waals surface area contributed by atoms with Gasteiger partial charge in [-0.2, -0.15) is 5.26 Å². The molecule has 0 aromatic heterocycles. The third-order valence-electron chi connectivity index (χ3n) is 1.06. The van der Waals surface area contributed by atoms with Gasteiger partial charge in [-0.3, -0.25) is 3.07 Å². The largest absolute Gasteiger partial charge is 0.265 e. The first-order chi connectivity index (χ1) is 4.86. The van der Waals surface area contributed by atoms with Gasteiger partial charge in [0.1, 0.15) is 0 Å². The highest BCUT2D eigenvalue weighted by atomic mass is 127. The number of nitrogens with zero attached hydrogens (tertiary/aromatic N) is 1. The van der Waals surface area contributed by atoms with Gasteiger partial charge in [-0.25, -0.2) is 0 Å². The van der Waals surface area contributed by atoms with Gasteiger partial charge < -0.3 is 0 Å². The summed E-state index contributed by atoms with van der Waals surface area (Å²) in [5.74, 6) is 0. The molecule has 0 N–H and O–H groups in total. The molecule has 0 heterocycles. The van der Waals surface area contributed by atoms with E-state index in [0.717, 1.165) is 3.57 Å². The van der Waals surface area contributed by atoms with Gasteiger partial charge in [0, 0.05) is 3.57 Å². The third-order valence-corrected chi connectivity index (χ3v) is 2.29. The molecule has 0 saturated carbocycles. The van der Waals surface area contributed by atoms with Gasteiger partial charge in [-0.15, -0.1) is 0 Å². The molecule has 0 aliphatic heterocycles. The number of halogens is 1. The van der Waals surface area contributed by atoms with Crippen molar-refractivity contribution in [3.8, 4) is 6.07 Å². The van der Waals surface area contributed by atoms with Gasteiger partial charge in [0.05, 0.1) is 11.6 Å². The molecule has 0 fully saturated rings. The van der Waals surface area contributed by atoms with Crippen LogP contribution in [0, 0.1) is 14.9 Å². The van der Waals surface area contributed by atoms with Crippen molar-refractivity contribution in [1.29, 1.82) is 5.26 Å². The van der Waals surface area contributed by atoms with E-state index >= 15 is 0 Å². The first-order valence-corrected chi connectivity index (χ1v) is 4.60. The average Bonchev–Trinajstić information content (AvgIpc) is 2.05. The molecule has 0 spiro atoms. The van der Waals surface area contributed by atoms with E-state index in [4.69, 9.17) is 5.26 Å². The van der Waals surface area contributed by atoms with Crippen LogP contribution in [0.1, 0.15) is 5.56 Å². The van der Waals surface area contributed by atoms with E-state index in [1.807, 2.05) is 6.07 Å². The first-order valence-electron chi connectivity index (χ1n) is 2.64. The highest BCUT2D eigenvalue weighted by Gasteiger charge is 1.89. The second-order valence-corrected chi connectivity index (χ2v) is 3.38. The van der Waals surface area contributed by atoms with Crippen molar-refractivity contribution in [3.05, 3.63) is 33.4 Å². The predicted octanol–water partition coefficient (Wildman–Crippen LogP) is 2.04. The summed E-state index contributed by atoms with van der Waals surface area (Å²) in [6.45, 7) is 0. The maximum atomic E-state index is 10.4. The fourth-order valence-corrected chi connectivity index (χ4v) is 1.23. The van der Waals surface area contributed by atoms with Crippen molar-refractivity contribution in [2.24, 2.45) is 0 Å². The standard InChI is InChI=1S/C7H4INO/c9-5-6-1-3-7(8-10)4-2-6/h1-4H. The Balaban J connectivity index is 3.04. The van der Waals surface area contributed by atoms with Crippen LogP contribution in [0.4, 0.5) is 0 Å². The summed E-state index contributed by atoms with van der Waals surface area (Å²) < 4.78 is 11.2. The van der Waals surface area contributed by atoms with Crippen LogP contribution in [-0.2, 0) is 3.07 Å². The topological polar surface area (TPSA) is 40.9 Å². The molecule has 0 bridgehead atoms. The predicted molar refractivity (Wildman–Crippen MR) is 44.6 cm³/mol. The molecule has 0 aliphatic rings. The quantitative estimate of drug-likeness (QED) is 0.710. The molecule has 1 aromatic carbocycles. The normalized spacial score (nSPS) is 8.70. The molecule has 1 aromatic rings. The Morgan fingerprint density at radius 3 is 2.30 bits per heavy atom. The minimum absolute atomic E-state index is 0.612. The summed E-state index contributed by atoms with van der Waals surface area (Å²) in [6, 6.07) is 8.78. The van der Waals surface area contributed by atoms with Crippen molar-refractivity contribution in [1.82, 2.24) is 0 Å². The third kappa shape index (κ3) is 1.61. The van der Waals surface area contributed by atoms with Crippen LogP contribution >= 0.6 is 21.2 Å². The molecule has 0 unspecified atom stereocenters. The molecule has 50 valence electrons. The zero-order valence-electron chi connectivity index (χ0n) is 5.04. The fraction of sp³-hybridized carbons (Fsp3) is 0. The molecular formula is C7H4INO. The summed E-state index contributed by atoms with van der Waals surface area (Å²) in [5.41, 5.74) is 0.612. The first kappa shape index (κ1) is 7.35. The Bertz CT molecular complexity index is 273. The average molecular weight is 245 g/mol. The Morgan fingerprint density at radius 1 is 1.30 bits per heavy atom. The molecule has 0 amide bonds. The maximum absolute atomic E-state index is 10.4. The van der Waals surface area contributed by atoms with E-state index in [1.165, 1.54) is 0 Å². The van der Waals surface area contributed by atoms with E-state index in [9.17, 15) is 3.07 Å². The van der Waals surface area contributed by atoms with Crippen LogP contribution < -0.4 is 0 Å². The lowest BCUT2D eigenvalue weighted by atomic mass is 10.2. The number of nitriles is 1. The van der Waals surface area contributed by atoms with Crippen molar-refractivity contribution < 1.29 is 3.07 Å². The SMILES string of the molecule is N#Cc1ccc(I=O)cc1. The van der Waals surface area contributed by atoms with Gasteiger partial charge in [-0.05, 0) is 24.3 Å². The molecule has 10 heavy (non-hydrogen) atoms. The molecule has 0 radical (unpaired) electrons. The number of hydrogen-bond donors (Lipinski definition) is 0. The zero-order chi connectivity index (χ0) is 7.40. The van der Waals surface area contributed by atoms with E-state index in [-0.39, 0.29) is 0 Å². The molecule has 1 rings (SSSR count). The van der Waals surface area contributed by atoms with E-state index in [2.05, 4.69) is 0 Å². The van der Waals surface area contributed by atoms with Crippen LogP contribution in [0.15, 0.2) is 24.3 Å².